The molecule has 15 rings (SSSR count). The summed E-state index contributed by atoms with van der Waals surface area (Å²) < 4.78 is 2.41. The first-order valence-electron chi connectivity index (χ1n) is 24.1. The molecule has 2 aliphatic carbocycles. The number of fused-ring (bicyclic) bond motifs is 16. The highest BCUT2D eigenvalue weighted by atomic mass is 15.0. The first kappa shape index (κ1) is 38.9. The van der Waals surface area contributed by atoms with Crippen LogP contribution in [0, 0.1) is 0 Å². The number of rotatable bonds is 5. The van der Waals surface area contributed by atoms with Crippen molar-refractivity contribution in [3.63, 3.8) is 0 Å². The molecule has 0 saturated heterocycles. The van der Waals surface area contributed by atoms with E-state index in [2.05, 4.69) is 253 Å². The van der Waals surface area contributed by atoms with Crippen molar-refractivity contribution in [3.8, 4) is 73.0 Å². The van der Waals surface area contributed by atoms with E-state index < -0.39 is 5.41 Å². The van der Waals surface area contributed by atoms with Crippen LogP contribution in [0.25, 0.3) is 116 Å². The summed E-state index contributed by atoms with van der Waals surface area (Å²) in [7, 11) is 0. The Morgan fingerprint density at radius 1 is 0.286 bits per heavy atom. The maximum atomic E-state index is 5.65. The molecule has 0 bridgehead atoms. The van der Waals surface area contributed by atoms with Crippen LogP contribution in [0.2, 0.25) is 0 Å². The molecule has 0 amide bonds. The third-order valence-electron chi connectivity index (χ3n) is 15.2. The summed E-state index contributed by atoms with van der Waals surface area (Å²) in [4.78, 5) is 11.2. The SMILES string of the molecule is c1ccc(-c2cc(-c3ccc4c(c3)C3(c5ccccc5-c5ccccc53)c3ccccc3-4)nc(-c3cc(-c4cc5ccccc5c5ccccc45)cc(-n4c5ccccc5c5ccccc54)c3)n2)cc1. The van der Waals surface area contributed by atoms with E-state index in [1.54, 1.807) is 0 Å². The van der Waals surface area contributed by atoms with Crippen molar-refractivity contribution in [1.29, 1.82) is 0 Å². The van der Waals surface area contributed by atoms with Gasteiger partial charge < -0.3 is 4.57 Å². The highest BCUT2D eigenvalue weighted by Crippen LogP contribution is 2.63. The van der Waals surface area contributed by atoms with E-state index in [0.717, 1.165) is 50.4 Å². The Hall–Kier alpha value is -9.18. The van der Waals surface area contributed by atoms with Gasteiger partial charge in [0.05, 0.1) is 27.8 Å². The fourth-order valence-electron chi connectivity index (χ4n) is 12.3. The average molecular weight is 888 g/mol. The van der Waals surface area contributed by atoms with Crippen molar-refractivity contribution >= 4 is 43.4 Å². The lowest BCUT2D eigenvalue weighted by molar-refractivity contribution is 0.794. The Labute approximate surface area is 405 Å². The van der Waals surface area contributed by atoms with Gasteiger partial charge in [-0.1, -0.05) is 200 Å². The first-order chi connectivity index (χ1) is 34.7. The number of hydrogen-bond acceptors (Lipinski definition) is 2. The van der Waals surface area contributed by atoms with Crippen LogP contribution >= 0.6 is 0 Å². The van der Waals surface area contributed by atoms with Crippen LogP contribution in [0.4, 0.5) is 0 Å². The number of nitrogens with zero attached hydrogens (tertiary/aromatic N) is 3. The van der Waals surface area contributed by atoms with E-state index in [-0.39, 0.29) is 0 Å². The molecule has 0 N–H and O–H groups in total. The van der Waals surface area contributed by atoms with Gasteiger partial charge in [-0.25, -0.2) is 9.97 Å². The lowest BCUT2D eigenvalue weighted by Gasteiger charge is -2.30. The van der Waals surface area contributed by atoms with Crippen molar-refractivity contribution in [2.45, 2.75) is 5.41 Å². The van der Waals surface area contributed by atoms with Gasteiger partial charge in [0.2, 0.25) is 0 Å². The van der Waals surface area contributed by atoms with Gasteiger partial charge in [0.25, 0.3) is 0 Å². The van der Waals surface area contributed by atoms with Crippen LogP contribution in [-0.2, 0) is 5.41 Å². The molecule has 13 aromatic rings. The lowest BCUT2D eigenvalue weighted by Crippen LogP contribution is -2.25. The molecule has 0 aliphatic heterocycles. The second-order valence-electron chi connectivity index (χ2n) is 18.8. The van der Waals surface area contributed by atoms with E-state index >= 15 is 0 Å². The fourth-order valence-corrected chi connectivity index (χ4v) is 12.3. The Morgan fingerprint density at radius 3 is 1.44 bits per heavy atom. The van der Waals surface area contributed by atoms with Crippen LogP contribution in [0.5, 0.6) is 0 Å². The zero-order valence-corrected chi connectivity index (χ0v) is 38.0. The van der Waals surface area contributed by atoms with Gasteiger partial charge in [-0.15, -0.1) is 0 Å². The summed E-state index contributed by atoms with van der Waals surface area (Å²) in [6.07, 6.45) is 0. The summed E-state index contributed by atoms with van der Waals surface area (Å²) in [6, 6.07) is 91.1. The number of hydrogen-bond donors (Lipinski definition) is 0. The molecule has 0 atom stereocenters. The minimum Gasteiger partial charge on any atom is -0.309 e. The van der Waals surface area contributed by atoms with Gasteiger partial charge in [-0.05, 0) is 126 Å². The quantitative estimate of drug-likeness (QED) is 0.161. The van der Waals surface area contributed by atoms with E-state index in [4.69, 9.17) is 9.97 Å². The van der Waals surface area contributed by atoms with Crippen LogP contribution in [-0.4, -0.2) is 14.5 Å². The Kier molecular flexibility index (Phi) is 8.28. The van der Waals surface area contributed by atoms with Crippen LogP contribution in [0.1, 0.15) is 22.3 Å². The third-order valence-corrected chi connectivity index (χ3v) is 15.2. The highest BCUT2D eigenvalue weighted by molar-refractivity contribution is 6.14. The summed E-state index contributed by atoms with van der Waals surface area (Å²) in [6.45, 7) is 0. The largest absolute Gasteiger partial charge is 0.309 e. The molecule has 2 aromatic heterocycles. The minimum atomic E-state index is -0.471. The number of para-hydroxylation sites is 2. The predicted octanol–water partition coefficient (Wildman–Crippen LogP) is 16.9. The highest BCUT2D eigenvalue weighted by Gasteiger charge is 2.51. The second kappa shape index (κ2) is 14.9. The monoisotopic (exact) mass is 887 g/mol. The molecule has 0 saturated carbocycles. The van der Waals surface area contributed by atoms with E-state index in [1.807, 2.05) is 0 Å². The minimum absolute atomic E-state index is 0.471. The molecule has 2 heterocycles. The molecule has 2 aliphatic rings. The average Bonchev–Trinajstić information content (AvgIpc) is 4.05. The Morgan fingerprint density at radius 2 is 0.786 bits per heavy atom. The van der Waals surface area contributed by atoms with E-state index in [9.17, 15) is 0 Å². The molecule has 0 unspecified atom stereocenters. The van der Waals surface area contributed by atoms with Crippen molar-refractivity contribution in [2.75, 3.05) is 0 Å². The smallest absolute Gasteiger partial charge is 0.160 e. The van der Waals surface area contributed by atoms with Crippen LogP contribution in [0.3, 0.4) is 0 Å². The van der Waals surface area contributed by atoms with Crippen molar-refractivity contribution in [1.82, 2.24) is 14.5 Å². The molecule has 0 radical (unpaired) electrons. The van der Waals surface area contributed by atoms with Gasteiger partial charge in [0.15, 0.2) is 5.82 Å². The van der Waals surface area contributed by atoms with Gasteiger partial charge in [0, 0.05) is 33.2 Å². The fraction of sp³-hybridized carbons (Fsp3) is 0.0149. The zero-order valence-electron chi connectivity index (χ0n) is 38.0. The molecule has 1 spiro atoms. The van der Waals surface area contributed by atoms with Crippen LogP contribution < -0.4 is 0 Å². The van der Waals surface area contributed by atoms with Gasteiger partial charge >= 0.3 is 0 Å². The standard InChI is InChI=1S/C67H41N3/c1-2-18-42(19-3-1)62-41-63(44-34-35-54-53-26-10-15-31-60(53)67(61(54)40-44)58-29-13-8-24-51(58)52-25-9-14-30-59(52)67)69-66(68-62)46-36-45(57-39-43-20-4-5-21-48(43)49-22-6-7-23-50(49)57)37-47(38-46)70-64-32-16-11-27-55(64)56-28-12-17-33-65(56)70/h1-41H. The summed E-state index contributed by atoms with van der Waals surface area (Å²) in [5.74, 6) is 0.667. The van der Waals surface area contributed by atoms with Gasteiger partial charge in [-0.3, -0.25) is 0 Å². The zero-order chi connectivity index (χ0) is 45.9. The number of benzene rings is 11. The Balaban J connectivity index is 1.00. The molecule has 0 fully saturated rings. The van der Waals surface area contributed by atoms with Gasteiger partial charge in [0.1, 0.15) is 0 Å². The summed E-state index contributed by atoms with van der Waals surface area (Å²) in [5.41, 5.74) is 20.3. The van der Waals surface area contributed by atoms with E-state index in [0.29, 0.717) is 5.82 Å². The molecule has 11 aromatic carbocycles. The third kappa shape index (κ3) is 5.52. The van der Waals surface area contributed by atoms with Gasteiger partial charge in [-0.2, -0.15) is 0 Å². The maximum Gasteiger partial charge on any atom is 0.160 e. The topological polar surface area (TPSA) is 30.7 Å². The molecule has 70 heavy (non-hydrogen) atoms. The van der Waals surface area contributed by atoms with Crippen molar-refractivity contribution in [3.05, 3.63) is 271 Å². The first-order valence-corrected chi connectivity index (χ1v) is 24.1. The maximum absolute atomic E-state index is 5.65. The Bertz CT molecular complexity index is 4190. The van der Waals surface area contributed by atoms with Crippen molar-refractivity contribution in [2.24, 2.45) is 0 Å². The summed E-state index contributed by atoms with van der Waals surface area (Å²) in [5, 5.41) is 7.31. The molecular weight excluding hydrogens is 847 g/mol. The predicted molar refractivity (Wildman–Crippen MR) is 289 cm³/mol. The molecule has 3 heteroatoms. The number of aromatic nitrogens is 3. The molecule has 324 valence electrons. The molecular formula is C67H41N3. The summed E-state index contributed by atoms with van der Waals surface area (Å²) >= 11 is 0. The van der Waals surface area contributed by atoms with Crippen molar-refractivity contribution < 1.29 is 0 Å². The lowest BCUT2D eigenvalue weighted by atomic mass is 9.70. The second-order valence-corrected chi connectivity index (χ2v) is 18.8. The van der Waals surface area contributed by atoms with E-state index in [1.165, 1.54) is 82.4 Å². The molecule has 3 nitrogen and oxygen atoms in total. The normalized spacial score (nSPS) is 13.0. The van der Waals surface area contributed by atoms with Crippen LogP contribution in [0.15, 0.2) is 249 Å².